The summed E-state index contributed by atoms with van der Waals surface area (Å²) in [6, 6.07) is 11.0. The van der Waals surface area contributed by atoms with Gasteiger partial charge in [0.25, 0.3) is 0 Å². The number of hydrogen-bond acceptors (Lipinski definition) is 4. The fourth-order valence-electron chi connectivity index (χ4n) is 2.02. The first-order valence-corrected chi connectivity index (χ1v) is 7.77. The maximum Gasteiger partial charge on any atom is 0.338 e. The normalized spacial score (nSPS) is 10.2. The number of rotatable bonds is 5. The molecule has 4 nitrogen and oxygen atoms in total. The van der Waals surface area contributed by atoms with Crippen molar-refractivity contribution >= 4 is 28.6 Å². The predicted octanol–water partition coefficient (Wildman–Crippen LogP) is 3.97. The molecule has 0 aliphatic heterocycles. The van der Waals surface area contributed by atoms with Gasteiger partial charge in [0.2, 0.25) is 0 Å². The van der Waals surface area contributed by atoms with Crippen LogP contribution in [0.15, 0.2) is 36.4 Å². The smallest absolute Gasteiger partial charge is 0.338 e. The predicted molar refractivity (Wildman–Crippen MR) is 92.6 cm³/mol. The molecule has 22 heavy (non-hydrogen) atoms. The lowest BCUT2D eigenvalue weighted by Crippen LogP contribution is -2.06. The Bertz CT molecular complexity index is 682. The fraction of sp³-hybridized carbons (Fsp3) is 0.235. The molecule has 0 saturated carbocycles. The standard InChI is InChI=1S/C17H17IO4/c1-11-7-15(20-2)16(21-3)9-13(11)10-22-17(19)12-5-4-6-14(18)8-12/h4-9H,10H2,1-3H3. The Morgan fingerprint density at radius 2 is 1.77 bits per heavy atom. The van der Waals surface area contributed by atoms with E-state index in [0.29, 0.717) is 17.1 Å². The van der Waals surface area contributed by atoms with E-state index in [2.05, 4.69) is 22.6 Å². The largest absolute Gasteiger partial charge is 0.493 e. The van der Waals surface area contributed by atoms with Crippen molar-refractivity contribution in [1.29, 1.82) is 0 Å². The molecule has 0 aliphatic rings. The number of aryl methyl sites for hydroxylation is 1. The summed E-state index contributed by atoms with van der Waals surface area (Å²) >= 11 is 2.16. The Balaban J connectivity index is 2.13. The van der Waals surface area contributed by atoms with Crippen molar-refractivity contribution in [2.24, 2.45) is 0 Å². The minimum absolute atomic E-state index is 0.191. The van der Waals surface area contributed by atoms with E-state index in [9.17, 15) is 4.79 Å². The molecule has 2 rings (SSSR count). The van der Waals surface area contributed by atoms with Crippen molar-refractivity contribution in [3.8, 4) is 11.5 Å². The monoisotopic (exact) mass is 412 g/mol. The Kier molecular flexibility index (Phi) is 5.65. The number of halogens is 1. The second kappa shape index (κ2) is 7.49. The van der Waals surface area contributed by atoms with Gasteiger partial charge < -0.3 is 14.2 Å². The Morgan fingerprint density at radius 3 is 2.41 bits per heavy atom. The summed E-state index contributed by atoms with van der Waals surface area (Å²) in [5.74, 6) is 0.939. The molecule has 0 heterocycles. The van der Waals surface area contributed by atoms with E-state index in [1.807, 2.05) is 31.2 Å². The van der Waals surface area contributed by atoms with Crippen LogP contribution in [0.2, 0.25) is 0 Å². The third-order valence-corrected chi connectivity index (χ3v) is 3.93. The highest BCUT2D eigenvalue weighted by Gasteiger charge is 2.12. The van der Waals surface area contributed by atoms with Crippen LogP contribution >= 0.6 is 22.6 Å². The molecule has 0 amide bonds. The zero-order valence-corrected chi connectivity index (χ0v) is 14.8. The molecule has 0 atom stereocenters. The minimum Gasteiger partial charge on any atom is -0.493 e. The summed E-state index contributed by atoms with van der Waals surface area (Å²) in [5.41, 5.74) is 2.41. The molecule has 2 aromatic rings. The van der Waals surface area contributed by atoms with Gasteiger partial charge in [0.05, 0.1) is 19.8 Å². The second-order valence-electron chi connectivity index (χ2n) is 4.72. The first-order chi connectivity index (χ1) is 10.5. The van der Waals surface area contributed by atoms with Gasteiger partial charge in [-0.15, -0.1) is 0 Å². The van der Waals surface area contributed by atoms with Crippen LogP contribution in [0.3, 0.4) is 0 Å². The maximum absolute atomic E-state index is 12.1. The number of methoxy groups -OCH3 is 2. The van der Waals surface area contributed by atoms with Gasteiger partial charge in [0, 0.05) is 3.57 Å². The molecule has 0 fully saturated rings. The number of esters is 1. The van der Waals surface area contributed by atoms with E-state index in [1.54, 1.807) is 26.4 Å². The van der Waals surface area contributed by atoms with Crippen LogP contribution in [0.1, 0.15) is 21.5 Å². The number of hydrogen-bond donors (Lipinski definition) is 0. The molecular formula is C17H17IO4. The Hall–Kier alpha value is -1.76. The van der Waals surface area contributed by atoms with Gasteiger partial charge in [0.1, 0.15) is 6.61 Å². The molecule has 116 valence electrons. The average molecular weight is 412 g/mol. The van der Waals surface area contributed by atoms with E-state index in [0.717, 1.165) is 14.7 Å². The molecule has 0 saturated heterocycles. The van der Waals surface area contributed by atoms with Crippen LogP contribution in [0.25, 0.3) is 0 Å². The number of ether oxygens (including phenoxy) is 3. The Labute approximate surface area is 143 Å². The van der Waals surface area contributed by atoms with Gasteiger partial charge in [-0.25, -0.2) is 4.79 Å². The quantitative estimate of drug-likeness (QED) is 0.551. The summed E-state index contributed by atoms with van der Waals surface area (Å²) in [4.78, 5) is 12.1. The topological polar surface area (TPSA) is 44.8 Å². The lowest BCUT2D eigenvalue weighted by molar-refractivity contribution is 0.0471. The average Bonchev–Trinajstić information content (AvgIpc) is 2.53. The highest BCUT2D eigenvalue weighted by atomic mass is 127. The summed E-state index contributed by atoms with van der Waals surface area (Å²) in [7, 11) is 3.17. The first kappa shape index (κ1) is 16.6. The molecule has 0 aromatic heterocycles. The van der Waals surface area contributed by atoms with Crippen molar-refractivity contribution in [1.82, 2.24) is 0 Å². The third-order valence-electron chi connectivity index (χ3n) is 3.26. The zero-order chi connectivity index (χ0) is 16.1. The van der Waals surface area contributed by atoms with E-state index in [-0.39, 0.29) is 12.6 Å². The van der Waals surface area contributed by atoms with E-state index < -0.39 is 0 Å². The van der Waals surface area contributed by atoms with E-state index in [1.165, 1.54) is 0 Å². The molecular weight excluding hydrogens is 395 g/mol. The molecule has 0 aliphatic carbocycles. The van der Waals surface area contributed by atoms with Crippen LogP contribution in [-0.2, 0) is 11.3 Å². The second-order valence-corrected chi connectivity index (χ2v) is 5.97. The highest BCUT2D eigenvalue weighted by molar-refractivity contribution is 14.1. The molecule has 0 spiro atoms. The van der Waals surface area contributed by atoms with Gasteiger partial charge in [-0.05, 0) is 71.0 Å². The van der Waals surface area contributed by atoms with Gasteiger partial charge in [-0.2, -0.15) is 0 Å². The summed E-state index contributed by atoms with van der Waals surface area (Å²) < 4.78 is 16.9. The van der Waals surface area contributed by atoms with Crippen molar-refractivity contribution in [2.45, 2.75) is 13.5 Å². The summed E-state index contributed by atoms with van der Waals surface area (Å²) in [6.45, 7) is 2.13. The van der Waals surface area contributed by atoms with Crippen LogP contribution in [0.5, 0.6) is 11.5 Å². The minimum atomic E-state index is -0.340. The van der Waals surface area contributed by atoms with Crippen LogP contribution in [0, 0.1) is 10.5 Å². The molecule has 0 radical (unpaired) electrons. The molecule has 0 unspecified atom stereocenters. The van der Waals surface area contributed by atoms with Gasteiger partial charge in [-0.3, -0.25) is 0 Å². The molecule has 0 bridgehead atoms. The number of carbonyl (C=O) groups is 1. The lowest BCUT2D eigenvalue weighted by atomic mass is 10.1. The van der Waals surface area contributed by atoms with Crippen LogP contribution in [-0.4, -0.2) is 20.2 Å². The van der Waals surface area contributed by atoms with E-state index >= 15 is 0 Å². The Morgan fingerprint density at radius 1 is 1.09 bits per heavy atom. The third kappa shape index (κ3) is 3.91. The van der Waals surface area contributed by atoms with Gasteiger partial charge in [0.15, 0.2) is 11.5 Å². The maximum atomic E-state index is 12.1. The first-order valence-electron chi connectivity index (χ1n) is 6.69. The van der Waals surface area contributed by atoms with Crippen LogP contribution < -0.4 is 9.47 Å². The molecule has 5 heteroatoms. The van der Waals surface area contributed by atoms with Crippen molar-refractivity contribution in [3.63, 3.8) is 0 Å². The number of benzene rings is 2. The highest BCUT2D eigenvalue weighted by Crippen LogP contribution is 2.30. The molecule has 0 N–H and O–H groups in total. The van der Waals surface area contributed by atoms with E-state index in [4.69, 9.17) is 14.2 Å². The lowest BCUT2D eigenvalue weighted by Gasteiger charge is -2.13. The molecule has 2 aromatic carbocycles. The number of carbonyl (C=O) groups excluding carboxylic acids is 1. The zero-order valence-electron chi connectivity index (χ0n) is 12.7. The van der Waals surface area contributed by atoms with Gasteiger partial charge in [-0.1, -0.05) is 6.07 Å². The van der Waals surface area contributed by atoms with Crippen molar-refractivity contribution in [3.05, 3.63) is 56.7 Å². The van der Waals surface area contributed by atoms with Crippen LogP contribution in [0.4, 0.5) is 0 Å². The van der Waals surface area contributed by atoms with Crippen molar-refractivity contribution < 1.29 is 19.0 Å². The van der Waals surface area contributed by atoms with Crippen molar-refractivity contribution in [2.75, 3.05) is 14.2 Å². The SMILES string of the molecule is COc1cc(C)c(COC(=O)c2cccc(I)c2)cc1OC. The summed E-state index contributed by atoms with van der Waals surface area (Å²) in [5, 5.41) is 0. The van der Waals surface area contributed by atoms with Gasteiger partial charge >= 0.3 is 5.97 Å². The summed E-state index contributed by atoms with van der Waals surface area (Å²) in [6.07, 6.45) is 0. The fourth-order valence-corrected chi connectivity index (χ4v) is 2.56.